The van der Waals surface area contributed by atoms with Crippen molar-refractivity contribution in [1.82, 2.24) is 14.9 Å². The van der Waals surface area contributed by atoms with E-state index >= 15 is 0 Å². The first-order valence-electron chi connectivity index (χ1n) is 7.50. The Morgan fingerprint density at radius 2 is 2.18 bits per heavy atom. The molecule has 0 aliphatic heterocycles. The zero-order chi connectivity index (χ0) is 16.1. The molecule has 5 nitrogen and oxygen atoms in total. The summed E-state index contributed by atoms with van der Waals surface area (Å²) in [5, 5.41) is 3.01. The third-order valence-corrected chi connectivity index (χ3v) is 3.67. The van der Waals surface area contributed by atoms with Crippen LogP contribution in [0.2, 0.25) is 0 Å². The van der Waals surface area contributed by atoms with Gasteiger partial charge in [0, 0.05) is 50.8 Å². The first-order chi connectivity index (χ1) is 10.5. The minimum atomic E-state index is -0.0297. The number of rotatable bonds is 6. The number of carbonyl (C=O) groups is 1. The van der Waals surface area contributed by atoms with Crippen LogP contribution in [0.25, 0.3) is 0 Å². The Balaban J connectivity index is 1.89. The van der Waals surface area contributed by atoms with Crippen LogP contribution in [-0.4, -0.2) is 36.1 Å². The zero-order valence-corrected chi connectivity index (χ0v) is 13.7. The molecular weight excluding hydrogens is 276 g/mol. The van der Waals surface area contributed by atoms with Crippen LogP contribution < -0.4 is 10.2 Å². The Morgan fingerprint density at radius 1 is 1.41 bits per heavy atom. The molecule has 0 fully saturated rings. The second-order valence-corrected chi connectivity index (χ2v) is 5.89. The van der Waals surface area contributed by atoms with Crippen LogP contribution in [0.1, 0.15) is 23.1 Å². The van der Waals surface area contributed by atoms with E-state index in [4.69, 9.17) is 0 Å². The standard InChI is InChI=1S/C17H24N4O/c1-13(12-21-9-8-18-14(21)2)11-19-17(22)15-6-5-7-16(10-15)20(3)4/h5-10,13H,11-12H2,1-4H3,(H,19,22). The zero-order valence-electron chi connectivity index (χ0n) is 13.7. The van der Waals surface area contributed by atoms with Gasteiger partial charge in [-0.3, -0.25) is 4.79 Å². The smallest absolute Gasteiger partial charge is 0.251 e. The summed E-state index contributed by atoms with van der Waals surface area (Å²) in [7, 11) is 3.93. The number of nitrogens with zero attached hydrogens (tertiary/aromatic N) is 3. The molecule has 0 aliphatic carbocycles. The highest BCUT2D eigenvalue weighted by molar-refractivity contribution is 5.95. The lowest BCUT2D eigenvalue weighted by atomic mass is 10.1. The predicted octanol–water partition coefficient (Wildman–Crippen LogP) is 2.32. The average molecular weight is 300 g/mol. The number of benzene rings is 1. The molecule has 1 atom stereocenters. The third-order valence-electron chi connectivity index (χ3n) is 3.67. The van der Waals surface area contributed by atoms with Crippen LogP contribution in [0.15, 0.2) is 36.7 Å². The minimum absolute atomic E-state index is 0.0297. The highest BCUT2D eigenvalue weighted by Gasteiger charge is 2.10. The van der Waals surface area contributed by atoms with Crippen LogP contribution in [0.4, 0.5) is 5.69 Å². The maximum absolute atomic E-state index is 12.2. The Labute approximate surface area is 132 Å². The lowest BCUT2D eigenvalue weighted by Crippen LogP contribution is -2.30. The van der Waals surface area contributed by atoms with Crippen LogP contribution in [0.3, 0.4) is 0 Å². The molecule has 1 unspecified atom stereocenters. The van der Waals surface area contributed by atoms with Gasteiger partial charge in [-0.2, -0.15) is 0 Å². The van der Waals surface area contributed by atoms with Crippen molar-refractivity contribution < 1.29 is 4.79 Å². The van der Waals surface area contributed by atoms with E-state index < -0.39 is 0 Å². The number of anilines is 1. The fourth-order valence-electron chi connectivity index (χ4n) is 2.29. The number of amides is 1. The maximum Gasteiger partial charge on any atom is 0.251 e. The summed E-state index contributed by atoms with van der Waals surface area (Å²) in [5.41, 5.74) is 1.71. The molecule has 0 bridgehead atoms. The Kier molecular flexibility index (Phi) is 5.20. The normalized spacial score (nSPS) is 12.0. The number of aromatic nitrogens is 2. The van der Waals surface area contributed by atoms with Crippen molar-refractivity contribution in [1.29, 1.82) is 0 Å². The summed E-state index contributed by atoms with van der Waals surface area (Å²) in [6.07, 6.45) is 3.77. The average Bonchev–Trinajstić information content (AvgIpc) is 2.90. The van der Waals surface area contributed by atoms with Gasteiger partial charge < -0.3 is 14.8 Å². The van der Waals surface area contributed by atoms with E-state index in [0.717, 1.165) is 18.1 Å². The number of hydrogen-bond acceptors (Lipinski definition) is 3. The van der Waals surface area contributed by atoms with Crippen LogP contribution in [-0.2, 0) is 6.54 Å². The Morgan fingerprint density at radius 3 is 2.82 bits per heavy atom. The largest absolute Gasteiger partial charge is 0.378 e. The van der Waals surface area contributed by atoms with Crippen molar-refractivity contribution >= 4 is 11.6 Å². The van der Waals surface area contributed by atoms with Gasteiger partial charge in [-0.25, -0.2) is 4.98 Å². The van der Waals surface area contributed by atoms with E-state index in [9.17, 15) is 4.79 Å². The topological polar surface area (TPSA) is 50.2 Å². The predicted molar refractivity (Wildman–Crippen MR) is 89.2 cm³/mol. The van der Waals surface area contributed by atoms with Crippen molar-refractivity contribution in [2.24, 2.45) is 5.92 Å². The summed E-state index contributed by atoms with van der Waals surface area (Å²) >= 11 is 0. The highest BCUT2D eigenvalue weighted by atomic mass is 16.1. The molecular formula is C17H24N4O. The monoisotopic (exact) mass is 300 g/mol. The molecule has 0 radical (unpaired) electrons. The molecule has 1 N–H and O–H groups in total. The van der Waals surface area contributed by atoms with E-state index in [-0.39, 0.29) is 5.91 Å². The SMILES string of the molecule is Cc1nccn1CC(C)CNC(=O)c1cccc(N(C)C)c1. The van der Waals surface area contributed by atoms with Gasteiger partial charge in [-0.15, -0.1) is 0 Å². The molecule has 0 saturated heterocycles. The summed E-state index contributed by atoms with van der Waals surface area (Å²) in [5.74, 6) is 1.31. The molecule has 118 valence electrons. The Hall–Kier alpha value is -2.30. The van der Waals surface area contributed by atoms with Crippen molar-refractivity contribution in [3.63, 3.8) is 0 Å². The van der Waals surface area contributed by atoms with Gasteiger partial charge in [0.25, 0.3) is 5.91 Å². The van der Waals surface area contributed by atoms with Gasteiger partial charge in [0.1, 0.15) is 5.82 Å². The fourth-order valence-corrected chi connectivity index (χ4v) is 2.29. The first-order valence-corrected chi connectivity index (χ1v) is 7.50. The molecule has 0 spiro atoms. The van der Waals surface area contributed by atoms with Crippen molar-refractivity contribution in [3.8, 4) is 0 Å². The molecule has 2 rings (SSSR count). The summed E-state index contributed by atoms with van der Waals surface area (Å²) < 4.78 is 2.10. The lowest BCUT2D eigenvalue weighted by molar-refractivity contribution is 0.0947. The quantitative estimate of drug-likeness (QED) is 0.891. The lowest BCUT2D eigenvalue weighted by Gasteiger charge is -2.16. The van der Waals surface area contributed by atoms with Gasteiger partial charge in [-0.1, -0.05) is 13.0 Å². The van der Waals surface area contributed by atoms with Crippen LogP contribution >= 0.6 is 0 Å². The Bertz CT molecular complexity index is 633. The van der Waals surface area contributed by atoms with Gasteiger partial charge in [0.2, 0.25) is 0 Å². The third kappa shape index (κ3) is 4.10. The van der Waals surface area contributed by atoms with Gasteiger partial charge in [0.15, 0.2) is 0 Å². The second-order valence-electron chi connectivity index (χ2n) is 5.89. The number of imidazole rings is 1. The van der Waals surface area contributed by atoms with Crippen LogP contribution in [0, 0.1) is 12.8 Å². The number of carbonyl (C=O) groups excluding carboxylic acids is 1. The van der Waals surface area contributed by atoms with E-state index in [1.165, 1.54) is 0 Å². The van der Waals surface area contributed by atoms with Crippen molar-refractivity contribution in [2.75, 3.05) is 25.5 Å². The number of aryl methyl sites for hydroxylation is 1. The molecule has 5 heteroatoms. The van der Waals surface area contributed by atoms with Crippen LogP contribution in [0.5, 0.6) is 0 Å². The van der Waals surface area contributed by atoms with Crippen molar-refractivity contribution in [3.05, 3.63) is 48.0 Å². The minimum Gasteiger partial charge on any atom is -0.378 e. The maximum atomic E-state index is 12.2. The fraction of sp³-hybridized carbons (Fsp3) is 0.412. The molecule has 1 aromatic heterocycles. The van der Waals surface area contributed by atoms with Gasteiger partial charge in [-0.05, 0) is 31.0 Å². The van der Waals surface area contributed by atoms with Gasteiger partial charge in [0.05, 0.1) is 0 Å². The second kappa shape index (κ2) is 7.11. The number of hydrogen-bond donors (Lipinski definition) is 1. The highest BCUT2D eigenvalue weighted by Crippen LogP contribution is 2.13. The molecule has 2 aromatic rings. The molecule has 22 heavy (non-hydrogen) atoms. The van der Waals surface area contributed by atoms with Crippen molar-refractivity contribution in [2.45, 2.75) is 20.4 Å². The molecule has 0 aliphatic rings. The van der Waals surface area contributed by atoms with E-state index in [1.54, 1.807) is 6.20 Å². The number of nitrogens with one attached hydrogen (secondary N) is 1. The molecule has 1 amide bonds. The first kappa shape index (κ1) is 16.1. The van der Waals surface area contributed by atoms with E-state index in [1.807, 2.05) is 56.4 Å². The van der Waals surface area contributed by atoms with E-state index in [2.05, 4.69) is 21.8 Å². The van der Waals surface area contributed by atoms with E-state index in [0.29, 0.717) is 18.0 Å². The summed E-state index contributed by atoms with van der Waals surface area (Å²) in [6.45, 7) is 5.60. The molecule has 0 saturated carbocycles. The van der Waals surface area contributed by atoms with Gasteiger partial charge >= 0.3 is 0 Å². The molecule has 1 heterocycles. The summed E-state index contributed by atoms with van der Waals surface area (Å²) in [4.78, 5) is 18.4. The summed E-state index contributed by atoms with van der Waals surface area (Å²) in [6, 6.07) is 7.64. The molecule has 1 aromatic carbocycles.